The first kappa shape index (κ1) is 21.7. The molecule has 2 aromatic heterocycles. The maximum atomic E-state index is 12.3. The van der Waals surface area contributed by atoms with Crippen LogP contribution < -0.4 is 0 Å². The van der Waals surface area contributed by atoms with Crippen LogP contribution in [0.2, 0.25) is 10.0 Å². The zero-order valence-electron chi connectivity index (χ0n) is 17.8. The third-order valence-corrected chi connectivity index (χ3v) is 6.71. The molecule has 0 amide bonds. The van der Waals surface area contributed by atoms with Crippen LogP contribution in [0.15, 0.2) is 59.0 Å². The lowest BCUT2D eigenvalue weighted by Gasteiger charge is -2.30. The minimum Gasteiger partial charge on any atom is -0.478 e. The molecule has 5 rings (SSSR count). The highest BCUT2D eigenvalue weighted by Gasteiger charge is 2.28. The molecule has 3 heterocycles. The predicted molar refractivity (Wildman–Crippen MR) is 132 cm³/mol. The highest BCUT2D eigenvalue weighted by molar-refractivity contribution is 6.43. The largest absolute Gasteiger partial charge is 0.478 e. The summed E-state index contributed by atoms with van der Waals surface area (Å²) in [4.78, 5) is 19.3. The summed E-state index contributed by atoms with van der Waals surface area (Å²) in [5.74, 6) is 0.292. The Morgan fingerprint density at radius 3 is 2.73 bits per heavy atom. The van der Waals surface area contributed by atoms with Crippen LogP contribution in [-0.4, -0.2) is 34.0 Å². The molecular weight excluding hydrogens is 459 g/mol. The summed E-state index contributed by atoms with van der Waals surface area (Å²) in [5.41, 5.74) is 4.02. The zero-order valence-corrected chi connectivity index (χ0v) is 19.3. The number of pyridine rings is 1. The van der Waals surface area contributed by atoms with Gasteiger partial charge in [-0.3, -0.25) is 4.90 Å². The average molecular weight is 479 g/mol. The van der Waals surface area contributed by atoms with Gasteiger partial charge in [-0.15, -0.1) is 0 Å². The average Bonchev–Trinajstić information content (AvgIpc) is 3.27. The van der Waals surface area contributed by atoms with Crippen molar-refractivity contribution in [3.63, 3.8) is 0 Å². The third kappa shape index (κ3) is 3.93. The fourth-order valence-corrected chi connectivity index (χ4v) is 4.68. The van der Waals surface area contributed by atoms with E-state index >= 15 is 0 Å². The number of fused-ring (bicyclic) bond motifs is 2. The molecule has 0 bridgehead atoms. The van der Waals surface area contributed by atoms with Gasteiger partial charge < -0.3 is 9.52 Å². The number of carbonyl (C=O) groups is 1. The quantitative estimate of drug-likeness (QED) is 0.346. The molecule has 0 radical (unpaired) electrons. The van der Waals surface area contributed by atoms with Crippen molar-refractivity contribution in [2.24, 2.45) is 0 Å². The molecule has 0 fully saturated rings. The van der Waals surface area contributed by atoms with E-state index in [4.69, 9.17) is 32.6 Å². The monoisotopic (exact) mass is 478 g/mol. The molecule has 1 aliphatic heterocycles. The molecule has 0 saturated heterocycles. The molecule has 1 aliphatic rings. The van der Waals surface area contributed by atoms with Gasteiger partial charge in [-0.2, -0.15) is 0 Å². The lowest BCUT2D eigenvalue weighted by Crippen LogP contribution is -2.31. The SMILES string of the molecule is CCN1C/C(=C\c2ccc(-c3cccc(Cl)c3Cl)o2)c2nc3ccccc3c(C(=O)O)c2C1. The number of benzene rings is 2. The lowest BCUT2D eigenvalue weighted by atomic mass is 9.92. The topological polar surface area (TPSA) is 66.6 Å². The number of rotatable bonds is 4. The molecular formula is C26H20Cl2N2O3. The molecule has 4 aromatic rings. The van der Waals surface area contributed by atoms with Crippen LogP contribution in [0.4, 0.5) is 0 Å². The maximum absolute atomic E-state index is 12.3. The molecule has 7 heteroatoms. The molecule has 2 aromatic carbocycles. The van der Waals surface area contributed by atoms with Crippen molar-refractivity contribution in [1.29, 1.82) is 0 Å². The van der Waals surface area contributed by atoms with E-state index in [2.05, 4.69) is 11.8 Å². The first-order chi connectivity index (χ1) is 16.0. The van der Waals surface area contributed by atoms with Crippen molar-refractivity contribution >= 4 is 51.7 Å². The van der Waals surface area contributed by atoms with Gasteiger partial charge in [0.1, 0.15) is 11.5 Å². The van der Waals surface area contributed by atoms with Crippen LogP contribution >= 0.6 is 23.2 Å². The first-order valence-electron chi connectivity index (χ1n) is 10.6. The van der Waals surface area contributed by atoms with E-state index in [0.29, 0.717) is 62.4 Å². The van der Waals surface area contributed by atoms with E-state index in [9.17, 15) is 9.90 Å². The van der Waals surface area contributed by atoms with Gasteiger partial charge in [-0.25, -0.2) is 9.78 Å². The molecule has 0 aliphatic carbocycles. The summed E-state index contributed by atoms with van der Waals surface area (Å²) in [6.45, 7) is 4.01. The van der Waals surface area contributed by atoms with Gasteiger partial charge in [-0.05, 0) is 48.5 Å². The van der Waals surface area contributed by atoms with Gasteiger partial charge >= 0.3 is 5.97 Å². The Balaban J connectivity index is 1.65. The number of halogens is 2. The Morgan fingerprint density at radius 2 is 1.94 bits per heavy atom. The standard InChI is InChI=1S/C26H20Cl2N2O3/c1-2-30-13-15(12-16-10-11-22(33-16)18-7-5-8-20(27)24(18)28)25-19(14-30)23(26(31)32)17-6-3-4-9-21(17)29-25/h3-12H,2,13-14H2,1H3,(H,31,32)/b15-12+. The van der Waals surface area contributed by atoms with Gasteiger partial charge in [0.2, 0.25) is 0 Å². The van der Waals surface area contributed by atoms with Crippen LogP contribution in [0.1, 0.15) is 34.3 Å². The molecule has 0 saturated carbocycles. The number of hydrogen-bond acceptors (Lipinski definition) is 4. The minimum absolute atomic E-state index is 0.311. The third-order valence-electron chi connectivity index (χ3n) is 5.89. The summed E-state index contributed by atoms with van der Waals surface area (Å²) in [5, 5.41) is 11.6. The number of hydrogen-bond donors (Lipinski definition) is 1. The van der Waals surface area contributed by atoms with Crippen LogP contribution in [0.25, 0.3) is 33.9 Å². The van der Waals surface area contributed by atoms with Crippen LogP contribution in [0.3, 0.4) is 0 Å². The fourth-order valence-electron chi connectivity index (χ4n) is 4.29. The number of carboxylic acid groups (broad SMARTS) is 1. The number of aromatic nitrogens is 1. The smallest absolute Gasteiger partial charge is 0.336 e. The highest BCUT2D eigenvalue weighted by Crippen LogP contribution is 2.37. The molecule has 0 unspecified atom stereocenters. The summed E-state index contributed by atoms with van der Waals surface area (Å²) in [6, 6.07) is 16.5. The van der Waals surface area contributed by atoms with Crippen molar-refractivity contribution in [2.45, 2.75) is 13.5 Å². The molecule has 1 N–H and O–H groups in total. The Labute approximate surface area is 200 Å². The van der Waals surface area contributed by atoms with E-state index in [1.54, 1.807) is 6.07 Å². The van der Waals surface area contributed by atoms with Crippen molar-refractivity contribution in [3.05, 3.63) is 87.2 Å². The minimum atomic E-state index is -0.946. The van der Waals surface area contributed by atoms with Gasteiger partial charge in [0.15, 0.2) is 0 Å². The van der Waals surface area contributed by atoms with E-state index in [1.807, 2.05) is 54.6 Å². The van der Waals surface area contributed by atoms with Crippen molar-refractivity contribution in [1.82, 2.24) is 9.88 Å². The van der Waals surface area contributed by atoms with Gasteiger partial charge in [0.05, 0.1) is 26.8 Å². The number of carboxylic acids is 1. The summed E-state index contributed by atoms with van der Waals surface area (Å²) >= 11 is 12.5. The Hall–Kier alpha value is -3.12. The summed E-state index contributed by atoms with van der Waals surface area (Å²) in [6.07, 6.45) is 1.93. The number of para-hydroxylation sites is 1. The first-order valence-corrected chi connectivity index (χ1v) is 11.3. The van der Waals surface area contributed by atoms with Gasteiger partial charge in [-0.1, -0.05) is 54.4 Å². The van der Waals surface area contributed by atoms with Gasteiger partial charge in [0, 0.05) is 29.6 Å². The number of nitrogens with zero attached hydrogens (tertiary/aromatic N) is 2. The Bertz CT molecular complexity index is 1420. The van der Waals surface area contributed by atoms with E-state index in [-0.39, 0.29) is 0 Å². The fraction of sp³-hybridized carbons (Fsp3) is 0.154. The maximum Gasteiger partial charge on any atom is 0.336 e. The zero-order chi connectivity index (χ0) is 23.1. The second-order valence-electron chi connectivity index (χ2n) is 7.91. The predicted octanol–water partition coefficient (Wildman–Crippen LogP) is 6.88. The van der Waals surface area contributed by atoms with E-state index in [0.717, 1.165) is 17.7 Å². The van der Waals surface area contributed by atoms with Crippen molar-refractivity contribution < 1.29 is 14.3 Å². The number of aromatic carboxylic acids is 1. The Kier molecular flexibility index (Phi) is 5.71. The normalized spacial score (nSPS) is 15.2. The number of likely N-dealkylation sites (N-methyl/N-ethyl adjacent to an activating group) is 1. The molecule has 166 valence electrons. The summed E-state index contributed by atoms with van der Waals surface area (Å²) in [7, 11) is 0. The van der Waals surface area contributed by atoms with Crippen molar-refractivity contribution in [3.8, 4) is 11.3 Å². The second-order valence-corrected chi connectivity index (χ2v) is 8.70. The second kappa shape index (κ2) is 8.67. The molecule has 33 heavy (non-hydrogen) atoms. The molecule has 5 nitrogen and oxygen atoms in total. The Morgan fingerprint density at radius 1 is 1.12 bits per heavy atom. The van der Waals surface area contributed by atoms with Crippen molar-refractivity contribution in [2.75, 3.05) is 13.1 Å². The van der Waals surface area contributed by atoms with Crippen LogP contribution in [0, 0.1) is 0 Å². The summed E-state index contributed by atoms with van der Waals surface area (Å²) < 4.78 is 6.08. The van der Waals surface area contributed by atoms with E-state index < -0.39 is 5.97 Å². The van der Waals surface area contributed by atoms with E-state index in [1.165, 1.54) is 0 Å². The molecule has 0 spiro atoms. The lowest BCUT2D eigenvalue weighted by molar-refractivity contribution is 0.0696. The van der Waals surface area contributed by atoms with Gasteiger partial charge in [0.25, 0.3) is 0 Å². The highest BCUT2D eigenvalue weighted by atomic mass is 35.5. The van der Waals surface area contributed by atoms with Crippen LogP contribution in [-0.2, 0) is 6.54 Å². The van der Waals surface area contributed by atoms with Crippen LogP contribution in [0.5, 0.6) is 0 Å². The number of furan rings is 1. The molecule has 0 atom stereocenters.